The molecule has 0 aliphatic rings. The summed E-state index contributed by atoms with van der Waals surface area (Å²) in [5.74, 6) is 0. The summed E-state index contributed by atoms with van der Waals surface area (Å²) in [6, 6.07) is 10.0. The standard InChI is InChI=1S/C8H8.CHNO/c1-2-8-6-4-3-5-7-8;2-1-3/h2-7H,1H2;2H. The summed E-state index contributed by atoms with van der Waals surface area (Å²) in [6.45, 7) is 3.63. The molecule has 11 heavy (non-hydrogen) atoms. The van der Waals surface area contributed by atoms with E-state index in [0.717, 1.165) is 6.08 Å². The largest absolute Gasteiger partial charge is 0.231 e. The smallest absolute Gasteiger partial charge is 0.222 e. The van der Waals surface area contributed by atoms with Gasteiger partial charge in [-0.2, -0.15) is 0 Å². The van der Waals surface area contributed by atoms with E-state index in [1.54, 1.807) is 0 Å². The third kappa shape index (κ3) is 4.82. The van der Waals surface area contributed by atoms with Crippen molar-refractivity contribution >= 4 is 12.2 Å². The van der Waals surface area contributed by atoms with Gasteiger partial charge in [0.1, 0.15) is 0 Å². The van der Waals surface area contributed by atoms with Crippen molar-refractivity contribution in [2.75, 3.05) is 0 Å². The lowest BCUT2D eigenvalue weighted by atomic mass is 10.2. The number of hydrogen-bond acceptors (Lipinski definition) is 2. The van der Waals surface area contributed by atoms with E-state index in [4.69, 9.17) is 10.2 Å². The third-order valence-electron chi connectivity index (χ3n) is 1.04. The van der Waals surface area contributed by atoms with Gasteiger partial charge in [0.05, 0.1) is 0 Å². The topological polar surface area (TPSA) is 40.9 Å². The Hall–Kier alpha value is -1.66. The lowest BCUT2D eigenvalue weighted by molar-refractivity contribution is 0.563. The van der Waals surface area contributed by atoms with Crippen LogP contribution in [0.3, 0.4) is 0 Å². The summed E-state index contributed by atoms with van der Waals surface area (Å²) in [4.78, 5) is 8.35. The summed E-state index contributed by atoms with van der Waals surface area (Å²) in [5.41, 5.74) is 1.17. The highest BCUT2D eigenvalue weighted by atomic mass is 16.1. The normalized spacial score (nSPS) is 6.91. The molecule has 0 saturated heterocycles. The van der Waals surface area contributed by atoms with Crippen LogP contribution in [0.1, 0.15) is 5.56 Å². The van der Waals surface area contributed by atoms with Crippen LogP contribution in [0, 0.1) is 5.41 Å². The fourth-order valence-corrected chi connectivity index (χ4v) is 0.589. The van der Waals surface area contributed by atoms with E-state index >= 15 is 0 Å². The van der Waals surface area contributed by atoms with Gasteiger partial charge in [0.15, 0.2) is 0 Å². The number of nitrogens with one attached hydrogen (secondary N) is 1. The van der Waals surface area contributed by atoms with E-state index < -0.39 is 0 Å². The molecular formula is C9H9NO. The highest BCUT2D eigenvalue weighted by Gasteiger charge is 1.75. The summed E-state index contributed by atoms with van der Waals surface area (Å²) in [5, 5.41) is 5.40. The van der Waals surface area contributed by atoms with Crippen molar-refractivity contribution in [3.8, 4) is 0 Å². The van der Waals surface area contributed by atoms with E-state index in [-0.39, 0.29) is 0 Å². The van der Waals surface area contributed by atoms with Gasteiger partial charge < -0.3 is 0 Å². The number of rotatable bonds is 1. The van der Waals surface area contributed by atoms with Crippen molar-refractivity contribution in [2.24, 2.45) is 0 Å². The van der Waals surface area contributed by atoms with Crippen LogP contribution in [0.5, 0.6) is 0 Å². The Morgan fingerprint density at radius 1 is 1.36 bits per heavy atom. The predicted octanol–water partition coefficient (Wildman–Crippen LogP) is 2.23. The van der Waals surface area contributed by atoms with Crippen molar-refractivity contribution in [3.63, 3.8) is 0 Å². The second-order valence-electron chi connectivity index (χ2n) is 1.72. The number of carbonyl (C=O) groups excluding carboxylic acids is 1. The van der Waals surface area contributed by atoms with Gasteiger partial charge in [-0.25, -0.2) is 10.2 Å². The number of isocyanates is 1. The van der Waals surface area contributed by atoms with E-state index in [0.29, 0.717) is 0 Å². The molecule has 2 heteroatoms. The first-order chi connectivity index (χ1) is 5.35. The number of benzene rings is 1. The molecule has 0 aromatic heterocycles. The average Bonchev–Trinajstić information content (AvgIpc) is 2.08. The maximum absolute atomic E-state index is 8.35. The minimum Gasteiger partial charge on any atom is -0.222 e. The van der Waals surface area contributed by atoms with Crippen LogP contribution >= 0.6 is 0 Å². The zero-order valence-corrected chi connectivity index (χ0v) is 6.08. The van der Waals surface area contributed by atoms with Crippen molar-refractivity contribution in [3.05, 3.63) is 42.5 Å². The summed E-state index contributed by atoms with van der Waals surface area (Å²) in [7, 11) is 0. The molecule has 1 aromatic carbocycles. The molecule has 1 rings (SSSR count). The monoisotopic (exact) mass is 147 g/mol. The second kappa shape index (κ2) is 6.46. The molecule has 0 aliphatic carbocycles. The van der Waals surface area contributed by atoms with Crippen LogP contribution in [0.2, 0.25) is 0 Å². The molecule has 1 N–H and O–H groups in total. The molecule has 0 unspecified atom stereocenters. The second-order valence-corrected chi connectivity index (χ2v) is 1.72. The maximum Gasteiger partial charge on any atom is 0.231 e. The van der Waals surface area contributed by atoms with Crippen molar-refractivity contribution in [1.82, 2.24) is 0 Å². The molecular weight excluding hydrogens is 138 g/mol. The van der Waals surface area contributed by atoms with Gasteiger partial charge in [-0.15, -0.1) is 0 Å². The minimum atomic E-state index is 0.750. The summed E-state index contributed by atoms with van der Waals surface area (Å²) < 4.78 is 0. The predicted molar refractivity (Wildman–Crippen MR) is 44.9 cm³/mol. The van der Waals surface area contributed by atoms with Crippen LogP contribution in [0.15, 0.2) is 36.9 Å². The van der Waals surface area contributed by atoms with Gasteiger partial charge in [0, 0.05) is 0 Å². The van der Waals surface area contributed by atoms with E-state index in [1.165, 1.54) is 5.56 Å². The van der Waals surface area contributed by atoms with Gasteiger partial charge in [-0.05, 0) is 5.56 Å². The van der Waals surface area contributed by atoms with Crippen LogP contribution < -0.4 is 0 Å². The van der Waals surface area contributed by atoms with Crippen molar-refractivity contribution in [2.45, 2.75) is 0 Å². The zero-order valence-electron chi connectivity index (χ0n) is 6.08. The molecule has 0 atom stereocenters. The molecule has 0 fully saturated rings. The highest BCUT2D eigenvalue weighted by molar-refractivity contribution is 5.45. The van der Waals surface area contributed by atoms with E-state index in [2.05, 4.69) is 6.58 Å². The molecule has 0 bridgehead atoms. The first-order valence-corrected chi connectivity index (χ1v) is 3.06. The Labute approximate surface area is 65.7 Å². The minimum absolute atomic E-state index is 0.750. The molecule has 0 aliphatic heterocycles. The molecule has 56 valence electrons. The van der Waals surface area contributed by atoms with Gasteiger partial charge >= 0.3 is 0 Å². The van der Waals surface area contributed by atoms with Crippen LogP contribution in [-0.4, -0.2) is 6.08 Å². The van der Waals surface area contributed by atoms with Crippen molar-refractivity contribution in [1.29, 1.82) is 5.41 Å². The first kappa shape index (κ1) is 9.34. The van der Waals surface area contributed by atoms with Crippen LogP contribution in [0.25, 0.3) is 6.08 Å². The Morgan fingerprint density at radius 3 is 2.09 bits per heavy atom. The Morgan fingerprint density at radius 2 is 1.82 bits per heavy atom. The van der Waals surface area contributed by atoms with E-state index in [9.17, 15) is 0 Å². The third-order valence-corrected chi connectivity index (χ3v) is 1.04. The van der Waals surface area contributed by atoms with Gasteiger partial charge in [-0.1, -0.05) is 43.0 Å². The molecule has 0 heterocycles. The zero-order chi connectivity index (χ0) is 8.53. The Bertz CT molecular complexity index is 235. The molecule has 2 nitrogen and oxygen atoms in total. The van der Waals surface area contributed by atoms with E-state index in [1.807, 2.05) is 36.4 Å². The maximum atomic E-state index is 8.35. The highest BCUT2D eigenvalue weighted by Crippen LogP contribution is 1.97. The van der Waals surface area contributed by atoms with Gasteiger partial charge in [0.2, 0.25) is 6.08 Å². The quantitative estimate of drug-likeness (QED) is 0.480. The summed E-state index contributed by atoms with van der Waals surface area (Å²) >= 11 is 0. The Kier molecular flexibility index (Phi) is 5.49. The summed E-state index contributed by atoms with van der Waals surface area (Å²) in [6.07, 6.45) is 2.58. The lowest BCUT2D eigenvalue weighted by Gasteiger charge is -1.85. The van der Waals surface area contributed by atoms with Gasteiger partial charge in [-0.3, -0.25) is 0 Å². The molecule has 0 radical (unpaired) electrons. The number of hydrogen-bond donors (Lipinski definition) is 1. The fraction of sp³-hybridized carbons (Fsp3) is 0. The van der Waals surface area contributed by atoms with Crippen LogP contribution in [-0.2, 0) is 4.79 Å². The average molecular weight is 147 g/mol. The van der Waals surface area contributed by atoms with Gasteiger partial charge in [0.25, 0.3) is 0 Å². The Balaban J connectivity index is 0.000000292. The molecule has 0 spiro atoms. The molecule has 1 aromatic rings. The lowest BCUT2D eigenvalue weighted by Crippen LogP contribution is -1.63. The SMILES string of the molecule is C=Cc1ccccc1.N=C=O. The molecule has 0 amide bonds. The molecule has 0 saturated carbocycles. The fourth-order valence-electron chi connectivity index (χ4n) is 0.589. The van der Waals surface area contributed by atoms with Crippen molar-refractivity contribution < 1.29 is 4.79 Å². The van der Waals surface area contributed by atoms with Crippen LogP contribution in [0.4, 0.5) is 0 Å². The first-order valence-electron chi connectivity index (χ1n) is 3.06.